The Balaban J connectivity index is 1.49. The van der Waals surface area contributed by atoms with Crippen molar-refractivity contribution in [2.24, 2.45) is 0 Å². The van der Waals surface area contributed by atoms with E-state index in [0.717, 1.165) is 49.4 Å². The van der Waals surface area contributed by atoms with Gasteiger partial charge in [0.05, 0.1) is 25.6 Å². The first-order valence-electron chi connectivity index (χ1n) is 8.36. The van der Waals surface area contributed by atoms with Gasteiger partial charge in [0, 0.05) is 31.4 Å². The fraction of sp³-hybridized carbons (Fsp3) is 0.444. The summed E-state index contributed by atoms with van der Waals surface area (Å²) >= 11 is 1.71. The van der Waals surface area contributed by atoms with Crippen LogP contribution in [0.1, 0.15) is 12.5 Å². The van der Waals surface area contributed by atoms with Gasteiger partial charge in [-0.3, -0.25) is 9.88 Å². The molecule has 6 heteroatoms. The molecule has 5 nitrogen and oxygen atoms in total. The molecule has 2 aromatic rings. The van der Waals surface area contributed by atoms with Gasteiger partial charge >= 0.3 is 0 Å². The van der Waals surface area contributed by atoms with Gasteiger partial charge in [0.25, 0.3) is 0 Å². The van der Waals surface area contributed by atoms with E-state index >= 15 is 0 Å². The number of hydrogen-bond donors (Lipinski definition) is 1. The first kappa shape index (κ1) is 17.2. The molecular formula is C18H24N4OS. The summed E-state index contributed by atoms with van der Waals surface area (Å²) in [7, 11) is 0. The maximum atomic E-state index is 5.40. The minimum atomic E-state index is 0.455. The highest BCUT2D eigenvalue weighted by molar-refractivity contribution is 7.98. The molecule has 3 rings (SSSR count). The van der Waals surface area contributed by atoms with E-state index in [9.17, 15) is 0 Å². The number of hydrogen-bond acceptors (Lipinski definition) is 6. The van der Waals surface area contributed by atoms with Crippen LogP contribution in [0.5, 0.6) is 0 Å². The van der Waals surface area contributed by atoms with Crippen molar-refractivity contribution in [3.63, 3.8) is 0 Å². The lowest BCUT2D eigenvalue weighted by Crippen LogP contribution is -2.45. The lowest BCUT2D eigenvalue weighted by molar-refractivity contribution is 0.0227. The van der Waals surface area contributed by atoms with Crippen LogP contribution in [0.25, 0.3) is 0 Å². The van der Waals surface area contributed by atoms with Gasteiger partial charge in [-0.2, -0.15) is 0 Å². The van der Waals surface area contributed by atoms with Crippen LogP contribution in [0.4, 0.5) is 5.82 Å². The van der Waals surface area contributed by atoms with Gasteiger partial charge in [-0.05, 0) is 12.5 Å². The number of anilines is 1. The summed E-state index contributed by atoms with van der Waals surface area (Å²) in [5, 5.41) is 4.36. The monoisotopic (exact) mass is 344 g/mol. The van der Waals surface area contributed by atoms with Crippen molar-refractivity contribution in [3.05, 3.63) is 48.3 Å². The third-order valence-electron chi connectivity index (χ3n) is 4.09. The standard InChI is InChI=1S/C18H24N4OS/c1-15(22-7-9-23-10-8-22)11-20-17-12-19-13-18(21-17)24-14-16-5-3-2-4-6-16/h2-6,12-13,15H,7-11,14H2,1H3,(H,20,21). The average Bonchev–Trinajstić information content (AvgIpc) is 2.66. The Hall–Kier alpha value is -1.63. The Labute approximate surface area is 147 Å². The van der Waals surface area contributed by atoms with Crippen molar-refractivity contribution >= 4 is 17.6 Å². The SMILES string of the molecule is CC(CNc1cncc(SCc2ccccc2)n1)N1CCOCC1. The van der Waals surface area contributed by atoms with Crippen molar-refractivity contribution in [1.29, 1.82) is 0 Å². The zero-order valence-corrected chi connectivity index (χ0v) is 14.8. The quantitative estimate of drug-likeness (QED) is 0.780. The summed E-state index contributed by atoms with van der Waals surface area (Å²) in [6.07, 6.45) is 3.61. The molecule has 1 unspecified atom stereocenters. The Kier molecular flexibility index (Phi) is 6.46. The maximum Gasteiger partial charge on any atom is 0.145 e. The average molecular weight is 344 g/mol. The number of benzene rings is 1. The van der Waals surface area contributed by atoms with Crippen molar-refractivity contribution in [1.82, 2.24) is 14.9 Å². The number of nitrogens with one attached hydrogen (secondary N) is 1. The van der Waals surface area contributed by atoms with Gasteiger partial charge in [-0.1, -0.05) is 30.3 Å². The molecule has 1 aromatic carbocycles. The molecule has 1 aliphatic rings. The van der Waals surface area contributed by atoms with Gasteiger partial charge in [-0.15, -0.1) is 11.8 Å². The van der Waals surface area contributed by atoms with Gasteiger partial charge in [0.15, 0.2) is 0 Å². The van der Waals surface area contributed by atoms with Gasteiger partial charge in [0.1, 0.15) is 10.8 Å². The van der Waals surface area contributed by atoms with Crippen LogP contribution in [-0.2, 0) is 10.5 Å². The minimum Gasteiger partial charge on any atom is -0.379 e. The molecule has 1 aliphatic heterocycles. The predicted octanol–water partition coefficient (Wildman–Crippen LogP) is 2.90. The first-order chi connectivity index (χ1) is 11.8. The van der Waals surface area contributed by atoms with E-state index in [0.29, 0.717) is 6.04 Å². The molecule has 128 valence electrons. The smallest absolute Gasteiger partial charge is 0.145 e. The van der Waals surface area contributed by atoms with Crippen molar-refractivity contribution in [2.45, 2.75) is 23.7 Å². The fourth-order valence-electron chi connectivity index (χ4n) is 2.63. The van der Waals surface area contributed by atoms with Gasteiger partial charge in [0.2, 0.25) is 0 Å². The second-order valence-electron chi connectivity index (χ2n) is 5.90. The molecule has 0 amide bonds. The largest absolute Gasteiger partial charge is 0.379 e. The topological polar surface area (TPSA) is 50.3 Å². The highest BCUT2D eigenvalue weighted by Gasteiger charge is 2.16. The first-order valence-corrected chi connectivity index (χ1v) is 9.34. The van der Waals surface area contributed by atoms with Crippen LogP contribution in [0.15, 0.2) is 47.8 Å². The molecule has 0 aliphatic carbocycles. The van der Waals surface area contributed by atoms with Crippen LogP contribution in [-0.4, -0.2) is 53.8 Å². The number of thioether (sulfide) groups is 1. The van der Waals surface area contributed by atoms with Crippen LogP contribution < -0.4 is 5.32 Å². The zero-order valence-electron chi connectivity index (χ0n) is 14.0. The molecule has 1 atom stereocenters. The Morgan fingerprint density at radius 3 is 2.79 bits per heavy atom. The normalized spacial score (nSPS) is 16.7. The zero-order chi connectivity index (χ0) is 16.6. The Bertz CT molecular complexity index is 619. The number of rotatable bonds is 7. The summed E-state index contributed by atoms with van der Waals surface area (Å²) in [5.41, 5.74) is 1.30. The summed E-state index contributed by atoms with van der Waals surface area (Å²) < 4.78 is 5.40. The van der Waals surface area contributed by atoms with Crippen LogP contribution in [0.2, 0.25) is 0 Å². The lowest BCUT2D eigenvalue weighted by Gasteiger charge is -2.32. The fourth-order valence-corrected chi connectivity index (χ4v) is 3.44. The van der Waals surface area contributed by atoms with Crippen LogP contribution in [0, 0.1) is 0 Å². The van der Waals surface area contributed by atoms with Gasteiger partial charge < -0.3 is 10.1 Å². The molecule has 1 aromatic heterocycles. The molecule has 1 fully saturated rings. The molecule has 24 heavy (non-hydrogen) atoms. The second kappa shape index (κ2) is 9.01. The van der Waals surface area contributed by atoms with E-state index in [1.807, 2.05) is 12.3 Å². The molecule has 1 saturated heterocycles. The maximum absolute atomic E-state index is 5.40. The van der Waals surface area contributed by atoms with Crippen molar-refractivity contribution in [3.8, 4) is 0 Å². The summed E-state index contributed by atoms with van der Waals surface area (Å²) in [5.74, 6) is 1.75. The Morgan fingerprint density at radius 1 is 1.21 bits per heavy atom. The van der Waals surface area contributed by atoms with E-state index in [-0.39, 0.29) is 0 Å². The molecule has 0 saturated carbocycles. The summed E-state index contributed by atoms with van der Waals surface area (Å²) in [4.78, 5) is 11.4. The van der Waals surface area contributed by atoms with Crippen LogP contribution in [0.3, 0.4) is 0 Å². The highest BCUT2D eigenvalue weighted by atomic mass is 32.2. The molecule has 1 N–H and O–H groups in total. The predicted molar refractivity (Wildman–Crippen MR) is 98.4 cm³/mol. The van der Waals surface area contributed by atoms with E-state index in [2.05, 4.69) is 51.4 Å². The van der Waals surface area contributed by atoms with E-state index in [4.69, 9.17) is 4.74 Å². The molecular weight excluding hydrogens is 320 g/mol. The van der Waals surface area contributed by atoms with Crippen LogP contribution >= 0.6 is 11.8 Å². The lowest BCUT2D eigenvalue weighted by atomic mass is 10.2. The number of nitrogens with zero attached hydrogens (tertiary/aromatic N) is 3. The Morgan fingerprint density at radius 2 is 2.00 bits per heavy atom. The number of aromatic nitrogens is 2. The molecule has 0 radical (unpaired) electrons. The summed E-state index contributed by atoms with van der Waals surface area (Å²) in [6, 6.07) is 10.9. The summed E-state index contributed by atoms with van der Waals surface area (Å²) in [6.45, 7) is 6.76. The van der Waals surface area contributed by atoms with E-state index < -0.39 is 0 Å². The van der Waals surface area contributed by atoms with Crippen molar-refractivity contribution in [2.75, 3.05) is 38.2 Å². The number of ether oxygens (including phenoxy) is 1. The van der Waals surface area contributed by atoms with Gasteiger partial charge in [-0.25, -0.2) is 4.98 Å². The third kappa shape index (κ3) is 5.19. The number of morpholine rings is 1. The third-order valence-corrected chi connectivity index (χ3v) is 5.06. The molecule has 0 bridgehead atoms. The van der Waals surface area contributed by atoms with E-state index in [1.54, 1.807) is 18.0 Å². The molecule has 2 heterocycles. The minimum absolute atomic E-state index is 0.455. The molecule has 0 spiro atoms. The van der Waals surface area contributed by atoms with E-state index in [1.165, 1.54) is 5.56 Å². The highest BCUT2D eigenvalue weighted by Crippen LogP contribution is 2.21. The van der Waals surface area contributed by atoms with Crippen molar-refractivity contribution < 1.29 is 4.74 Å². The second-order valence-corrected chi connectivity index (χ2v) is 6.89.